The van der Waals surface area contributed by atoms with Gasteiger partial charge in [0.1, 0.15) is 5.82 Å². The van der Waals surface area contributed by atoms with Crippen LogP contribution in [0.4, 0.5) is 14.9 Å². The van der Waals surface area contributed by atoms with Crippen LogP contribution < -0.4 is 21.3 Å². The number of hydrogen-bond acceptors (Lipinski definition) is 4. The Balaban J connectivity index is 1.76. The molecule has 0 fully saturated rings. The van der Waals surface area contributed by atoms with Crippen LogP contribution in [0.3, 0.4) is 0 Å². The smallest absolute Gasteiger partial charge is 0.321 e. The summed E-state index contributed by atoms with van der Waals surface area (Å²) in [6, 6.07) is 12.2. The molecule has 0 unspecified atom stereocenters. The second-order valence-corrected chi connectivity index (χ2v) is 6.36. The number of hydrogen-bond donors (Lipinski definition) is 4. The molecule has 29 heavy (non-hydrogen) atoms. The van der Waals surface area contributed by atoms with Gasteiger partial charge in [-0.1, -0.05) is 31.5 Å². The maximum atomic E-state index is 13.6. The average molecular weight is 400 g/mol. The Morgan fingerprint density at radius 2 is 1.69 bits per heavy atom. The van der Waals surface area contributed by atoms with Crippen LogP contribution >= 0.6 is 0 Å². The number of urea groups is 1. The molecule has 2 aromatic carbocycles. The van der Waals surface area contributed by atoms with E-state index in [0.29, 0.717) is 23.4 Å². The van der Waals surface area contributed by atoms with Crippen molar-refractivity contribution in [2.75, 3.05) is 18.4 Å². The van der Waals surface area contributed by atoms with Crippen molar-refractivity contribution in [2.45, 2.75) is 26.3 Å². The number of nitrogens with one attached hydrogen (secondary N) is 4. The Hall–Kier alpha value is -3.42. The molecule has 0 aliphatic carbocycles. The van der Waals surface area contributed by atoms with Gasteiger partial charge in [-0.15, -0.1) is 0 Å². The highest BCUT2D eigenvalue weighted by molar-refractivity contribution is 5.96. The van der Waals surface area contributed by atoms with Crippen LogP contribution in [0, 0.1) is 5.82 Å². The van der Waals surface area contributed by atoms with Crippen LogP contribution in [0.1, 0.15) is 35.7 Å². The molecule has 0 aromatic heterocycles. The highest BCUT2D eigenvalue weighted by Gasteiger charge is 2.09. The van der Waals surface area contributed by atoms with Crippen molar-refractivity contribution in [1.29, 1.82) is 0 Å². The number of amides is 4. The van der Waals surface area contributed by atoms with Gasteiger partial charge in [-0.2, -0.15) is 0 Å². The molecule has 0 aliphatic heterocycles. The van der Waals surface area contributed by atoms with Crippen molar-refractivity contribution in [1.82, 2.24) is 16.0 Å². The van der Waals surface area contributed by atoms with E-state index >= 15 is 0 Å². The largest absolute Gasteiger partial charge is 0.376 e. The van der Waals surface area contributed by atoms with Crippen LogP contribution in [0.5, 0.6) is 0 Å². The number of carbonyl (C=O) groups excluding carboxylic acids is 3. The molecule has 4 amide bonds. The summed E-state index contributed by atoms with van der Waals surface area (Å²) in [6.07, 6.45) is 1.80. The highest BCUT2D eigenvalue weighted by Crippen LogP contribution is 2.10. The second-order valence-electron chi connectivity index (χ2n) is 6.36. The normalized spacial score (nSPS) is 10.1. The third kappa shape index (κ3) is 7.61. The highest BCUT2D eigenvalue weighted by atomic mass is 19.1. The summed E-state index contributed by atoms with van der Waals surface area (Å²) in [5, 5.41) is 10.4. The van der Waals surface area contributed by atoms with Crippen molar-refractivity contribution in [3.8, 4) is 0 Å². The van der Waals surface area contributed by atoms with Crippen molar-refractivity contribution in [2.24, 2.45) is 0 Å². The van der Waals surface area contributed by atoms with E-state index in [1.807, 2.05) is 6.92 Å². The lowest BCUT2D eigenvalue weighted by Crippen LogP contribution is -2.42. The van der Waals surface area contributed by atoms with Crippen LogP contribution in [-0.4, -0.2) is 30.9 Å². The molecule has 154 valence electrons. The Morgan fingerprint density at radius 3 is 2.38 bits per heavy atom. The fourth-order valence-corrected chi connectivity index (χ4v) is 2.43. The summed E-state index contributed by atoms with van der Waals surface area (Å²) in [6.45, 7) is 2.53. The van der Waals surface area contributed by atoms with Gasteiger partial charge < -0.3 is 16.0 Å². The lowest BCUT2D eigenvalue weighted by molar-refractivity contribution is -0.118. The Bertz CT molecular complexity index is 840. The van der Waals surface area contributed by atoms with Crippen molar-refractivity contribution in [3.05, 3.63) is 65.5 Å². The summed E-state index contributed by atoms with van der Waals surface area (Å²) in [5.74, 6) is -1.17. The van der Waals surface area contributed by atoms with Gasteiger partial charge in [-0.25, -0.2) is 9.18 Å². The first-order valence-electron chi connectivity index (χ1n) is 9.42. The van der Waals surface area contributed by atoms with Gasteiger partial charge in [0.25, 0.3) is 5.91 Å². The third-order valence-electron chi connectivity index (χ3n) is 4.07. The first kappa shape index (κ1) is 21.9. The third-order valence-corrected chi connectivity index (χ3v) is 4.07. The minimum Gasteiger partial charge on any atom is -0.376 e. The van der Waals surface area contributed by atoms with Gasteiger partial charge in [0.05, 0.1) is 6.54 Å². The fourth-order valence-electron chi connectivity index (χ4n) is 2.43. The van der Waals surface area contributed by atoms with Gasteiger partial charge in [0, 0.05) is 29.9 Å². The zero-order valence-corrected chi connectivity index (χ0v) is 16.3. The van der Waals surface area contributed by atoms with E-state index in [1.54, 1.807) is 42.5 Å². The standard InChI is InChI=1S/C21H25FN4O3/c1-2-3-12-23-21(29)26-19(27)14-24-17-10-8-15(9-11-17)20(28)25-13-16-6-4-5-7-18(16)22/h4-11,24H,2-3,12-14H2,1H3,(H,25,28)(H2,23,26,27,29). The predicted octanol–water partition coefficient (Wildman–Crippen LogP) is 2.79. The van der Waals surface area contributed by atoms with Crippen LogP contribution in [0.15, 0.2) is 48.5 Å². The Labute approximate surface area is 169 Å². The fraction of sp³-hybridized carbons (Fsp3) is 0.286. The Kier molecular flexibility index (Phi) is 8.62. The number of benzene rings is 2. The maximum absolute atomic E-state index is 13.6. The van der Waals surface area contributed by atoms with Crippen molar-refractivity contribution in [3.63, 3.8) is 0 Å². The number of rotatable bonds is 9. The molecule has 0 spiro atoms. The van der Waals surface area contributed by atoms with E-state index in [9.17, 15) is 18.8 Å². The molecule has 0 saturated heterocycles. The van der Waals surface area contributed by atoms with Gasteiger partial charge in [-0.3, -0.25) is 14.9 Å². The van der Waals surface area contributed by atoms with Gasteiger partial charge in [-0.05, 0) is 36.8 Å². The van der Waals surface area contributed by atoms with E-state index in [4.69, 9.17) is 0 Å². The van der Waals surface area contributed by atoms with E-state index < -0.39 is 11.9 Å². The van der Waals surface area contributed by atoms with E-state index in [0.717, 1.165) is 12.8 Å². The molecular weight excluding hydrogens is 375 g/mol. The molecule has 0 saturated carbocycles. The summed E-state index contributed by atoms with van der Waals surface area (Å²) < 4.78 is 13.6. The molecule has 0 radical (unpaired) electrons. The summed E-state index contributed by atoms with van der Waals surface area (Å²) in [5.41, 5.74) is 1.44. The topological polar surface area (TPSA) is 99.3 Å². The number of imide groups is 1. The molecule has 0 heterocycles. The van der Waals surface area contributed by atoms with Gasteiger partial charge in [0.2, 0.25) is 5.91 Å². The zero-order valence-electron chi connectivity index (χ0n) is 16.3. The zero-order chi connectivity index (χ0) is 21.1. The quantitative estimate of drug-likeness (QED) is 0.487. The molecule has 4 N–H and O–H groups in total. The van der Waals surface area contributed by atoms with Crippen LogP contribution in [0.2, 0.25) is 0 Å². The van der Waals surface area contributed by atoms with Gasteiger partial charge in [0.15, 0.2) is 0 Å². The number of halogens is 1. The summed E-state index contributed by atoms with van der Waals surface area (Å²) >= 11 is 0. The molecule has 8 heteroatoms. The molecular formula is C21H25FN4O3. The number of unbranched alkanes of at least 4 members (excludes halogenated alkanes) is 1. The minimum absolute atomic E-state index is 0.0833. The SMILES string of the molecule is CCCCNC(=O)NC(=O)CNc1ccc(C(=O)NCc2ccccc2F)cc1. The van der Waals surface area contributed by atoms with Crippen LogP contribution in [0.25, 0.3) is 0 Å². The molecule has 7 nitrogen and oxygen atoms in total. The monoisotopic (exact) mass is 400 g/mol. The summed E-state index contributed by atoms with van der Waals surface area (Å²) in [7, 11) is 0. The van der Waals surface area contributed by atoms with E-state index in [-0.39, 0.29) is 24.8 Å². The summed E-state index contributed by atoms with van der Waals surface area (Å²) in [4.78, 5) is 35.4. The minimum atomic E-state index is -0.521. The van der Waals surface area contributed by atoms with Crippen molar-refractivity contribution >= 4 is 23.5 Å². The van der Waals surface area contributed by atoms with Crippen molar-refractivity contribution < 1.29 is 18.8 Å². The molecule has 2 aromatic rings. The lowest BCUT2D eigenvalue weighted by atomic mass is 10.1. The Morgan fingerprint density at radius 1 is 0.966 bits per heavy atom. The predicted molar refractivity (Wildman–Crippen MR) is 109 cm³/mol. The average Bonchev–Trinajstić information content (AvgIpc) is 2.72. The lowest BCUT2D eigenvalue weighted by Gasteiger charge is -2.09. The van der Waals surface area contributed by atoms with E-state index in [2.05, 4.69) is 21.3 Å². The maximum Gasteiger partial charge on any atom is 0.321 e. The molecule has 0 bridgehead atoms. The second kappa shape index (κ2) is 11.4. The molecule has 0 atom stereocenters. The molecule has 2 rings (SSSR count). The number of carbonyl (C=O) groups is 3. The first-order valence-corrected chi connectivity index (χ1v) is 9.42. The van der Waals surface area contributed by atoms with Crippen LogP contribution in [-0.2, 0) is 11.3 Å². The number of anilines is 1. The van der Waals surface area contributed by atoms with E-state index in [1.165, 1.54) is 6.07 Å². The first-order chi connectivity index (χ1) is 14.0. The molecule has 0 aliphatic rings. The van der Waals surface area contributed by atoms with Gasteiger partial charge >= 0.3 is 6.03 Å².